The second kappa shape index (κ2) is 14.5. The molecule has 2 heterocycles. The van der Waals surface area contributed by atoms with Crippen LogP contribution in [0.1, 0.15) is 52.7 Å². The highest BCUT2D eigenvalue weighted by atomic mass is 35.5. The number of anilines is 1. The van der Waals surface area contributed by atoms with Gasteiger partial charge in [-0.15, -0.1) is 0 Å². The number of nitrogens with one attached hydrogen (secondary N) is 1. The topological polar surface area (TPSA) is 121 Å². The number of benzene rings is 2. The van der Waals surface area contributed by atoms with Crippen molar-refractivity contribution in [2.45, 2.75) is 45.2 Å². The van der Waals surface area contributed by atoms with Crippen LogP contribution in [0, 0.1) is 0 Å². The van der Waals surface area contributed by atoms with Crippen LogP contribution in [-0.4, -0.2) is 52.6 Å². The highest BCUT2D eigenvalue weighted by molar-refractivity contribution is 6.39. The average molecular weight is 668 g/mol. The van der Waals surface area contributed by atoms with Crippen molar-refractivity contribution in [1.82, 2.24) is 15.5 Å². The van der Waals surface area contributed by atoms with E-state index in [1.165, 1.54) is 36.2 Å². The van der Waals surface area contributed by atoms with Crippen molar-refractivity contribution in [2.75, 3.05) is 25.1 Å². The lowest BCUT2D eigenvalue weighted by Gasteiger charge is -2.23. The number of alkyl halides is 3. The lowest BCUT2D eigenvalue weighted by molar-refractivity contribution is -0.140. The summed E-state index contributed by atoms with van der Waals surface area (Å²) in [4.78, 5) is 17.4. The Balaban J connectivity index is 1.54. The van der Waals surface area contributed by atoms with Crippen molar-refractivity contribution in [2.24, 2.45) is 0 Å². The summed E-state index contributed by atoms with van der Waals surface area (Å²) in [6.45, 7) is 3.01. The molecule has 0 saturated heterocycles. The number of aromatic nitrogens is 2. The minimum Gasteiger partial charge on any atom is -0.473 e. The number of aliphatic hydroxyl groups excluding tert-OH is 2. The molecule has 0 aliphatic heterocycles. The van der Waals surface area contributed by atoms with Gasteiger partial charge in [-0.25, -0.2) is 4.98 Å². The van der Waals surface area contributed by atoms with Crippen LogP contribution < -0.4 is 15.0 Å². The third-order valence-electron chi connectivity index (χ3n) is 6.78. The van der Waals surface area contributed by atoms with E-state index in [4.69, 9.17) is 37.6 Å². The van der Waals surface area contributed by atoms with Gasteiger partial charge in [-0.05, 0) is 35.9 Å². The molecule has 4 rings (SSSR count). The quantitative estimate of drug-likeness (QED) is 0.157. The highest BCUT2D eigenvalue weighted by Crippen LogP contribution is 2.40. The first-order valence-electron chi connectivity index (χ1n) is 13.8. The van der Waals surface area contributed by atoms with Crippen molar-refractivity contribution in [3.8, 4) is 17.1 Å². The third-order valence-corrected chi connectivity index (χ3v) is 7.41. The van der Waals surface area contributed by atoms with Gasteiger partial charge in [0, 0.05) is 43.2 Å². The number of halogens is 5. The van der Waals surface area contributed by atoms with Crippen LogP contribution in [0.3, 0.4) is 0 Å². The number of nitrogens with zero attached hydrogens (tertiary/aromatic N) is 3. The maximum Gasteiger partial charge on any atom is 0.435 e. The molecule has 0 aliphatic carbocycles. The lowest BCUT2D eigenvalue weighted by Crippen LogP contribution is -2.33. The molecule has 14 heteroatoms. The van der Waals surface area contributed by atoms with E-state index in [1.807, 2.05) is 13.8 Å². The van der Waals surface area contributed by atoms with Gasteiger partial charge in [-0.1, -0.05) is 60.4 Å². The van der Waals surface area contributed by atoms with Crippen molar-refractivity contribution in [3.63, 3.8) is 0 Å². The molecule has 240 valence electrons. The normalized spacial score (nSPS) is 12.3. The molecular formula is C31H31Cl2F3N4O5. The Morgan fingerprint density at radius 3 is 2.36 bits per heavy atom. The van der Waals surface area contributed by atoms with Gasteiger partial charge in [0.1, 0.15) is 18.1 Å². The predicted molar refractivity (Wildman–Crippen MR) is 164 cm³/mol. The molecule has 0 fully saturated rings. The maximum atomic E-state index is 14.2. The summed E-state index contributed by atoms with van der Waals surface area (Å²) < 4.78 is 53.9. The number of carbonyl (C=O) groups excluding carboxylic acids is 1. The highest BCUT2D eigenvalue weighted by Gasteiger charge is 2.37. The first-order chi connectivity index (χ1) is 21.3. The van der Waals surface area contributed by atoms with Crippen molar-refractivity contribution in [3.05, 3.63) is 92.8 Å². The number of hydrogen-bond acceptors (Lipinski definition) is 8. The molecule has 2 aromatic carbocycles. The first-order valence-corrected chi connectivity index (χ1v) is 14.6. The van der Waals surface area contributed by atoms with Crippen LogP contribution in [0.4, 0.5) is 18.9 Å². The van der Waals surface area contributed by atoms with Gasteiger partial charge in [-0.2, -0.15) is 13.2 Å². The van der Waals surface area contributed by atoms with Crippen molar-refractivity contribution in [1.29, 1.82) is 0 Å². The zero-order chi connectivity index (χ0) is 32.9. The van der Waals surface area contributed by atoms with E-state index in [2.05, 4.69) is 15.5 Å². The lowest BCUT2D eigenvalue weighted by atomic mass is 10.0. The number of ether oxygens (including phenoxy) is 1. The third kappa shape index (κ3) is 8.26. The zero-order valence-electron chi connectivity index (χ0n) is 24.5. The van der Waals surface area contributed by atoms with Crippen LogP contribution in [-0.2, 0) is 19.3 Å². The summed E-state index contributed by atoms with van der Waals surface area (Å²) >= 11 is 12.8. The molecule has 9 nitrogen and oxygen atoms in total. The minimum atomic E-state index is -4.79. The number of carbonyl (C=O) groups is 1. The Labute approximate surface area is 267 Å². The second-order valence-corrected chi connectivity index (χ2v) is 11.3. The predicted octanol–water partition coefficient (Wildman–Crippen LogP) is 6.48. The van der Waals surface area contributed by atoms with Crippen LogP contribution >= 0.6 is 23.2 Å². The molecule has 0 radical (unpaired) electrons. The molecule has 3 N–H and O–H groups in total. The molecule has 2 aromatic heterocycles. The fourth-order valence-corrected chi connectivity index (χ4v) is 5.09. The van der Waals surface area contributed by atoms with E-state index in [0.717, 1.165) is 0 Å². The molecule has 0 saturated carbocycles. The SMILES string of the molecule is CC(C)c1onc(-c2c(Cl)cccc2Cl)c1COc1ccc(N(C)Cc2ccc(C(=O)NCC(O)CO)cc2)c(C(F)(F)F)n1. The first kappa shape index (κ1) is 34.0. The summed E-state index contributed by atoms with van der Waals surface area (Å²) in [6, 6.07) is 13.8. The van der Waals surface area contributed by atoms with Crippen molar-refractivity contribution < 1.29 is 37.4 Å². The van der Waals surface area contributed by atoms with E-state index in [0.29, 0.717) is 43.8 Å². The van der Waals surface area contributed by atoms with Crippen LogP contribution in [0.5, 0.6) is 5.88 Å². The minimum absolute atomic E-state index is 0.0798. The Morgan fingerprint density at radius 2 is 1.76 bits per heavy atom. The summed E-state index contributed by atoms with van der Waals surface area (Å²) in [7, 11) is 1.50. The van der Waals surface area contributed by atoms with Gasteiger partial charge >= 0.3 is 6.18 Å². The van der Waals surface area contributed by atoms with Crippen LogP contribution in [0.2, 0.25) is 10.0 Å². The number of hydrogen-bond donors (Lipinski definition) is 3. The molecular weight excluding hydrogens is 636 g/mol. The van der Waals surface area contributed by atoms with Crippen LogP contribution in [0.15, 0.2) is 59.1 Å². The number of aliphatic hydroxyl groups is 2. The number of pyridine rings is 1. The summed E-state index contributed by atoms with van der Waals surface area (Å²) in [5.74, 6) is -0.369. The summed E-state index contributed by atoms with van der Waals surface area (Å²) in [5, 5.41) is 25.6. The van der Waals surface area contributed by atoms with Gasteiger partial charge < -0.3 is 29.7 Å². The monoisotopic (exact) mass is 666 g/mol. The molecule has 0 bridgehead atoms. The number of amides is 1. The number of rotatable bonds is 12. The Kier molecular flexibility index (Phi) is 11.0. The van der Waals surface area contributed by atoms with Gasteiger partial charge in [0.15, 0.2) is 5.69 Å². The zero-order valence-corrected chi connectivity index (χ0v) is 26.0. The standard InChI is InChI=1S/C31H31Cl2F3N4O5/c1-17(2)28-21(27(39-45-28)26-22(32)5-4-6-23(26)33)16-44-25-12-11-24(29(38-25)31(34,35)36)40(3)14-18-7-9-19(10-8-18)30(43)37-13-20(42)15-41/h4-12,17,20,41-42H,13-16H2,1-3H3,(H,37,43). The van der Waals surface area contributed by atoms with E-state index in [9.17, 15) is 23.1 Å². The molecule has 4 aromatic rings. The molecule has 1 amide bonds. The molecule has 45 heavy (non-hydrogen) atoms. The second-order valence-electron chi connectivity index (χ2n) is 10.5. The van der Waals surface area contributed by atoms with E-state index in [-0.39, 0.29) is 37.2 Å². The van der Waals surface area contributed by atoms with E-state index < -0.39 is 30.5 Å². The fourth-order valence-electron chi connectivity index (χ4n) is 4.51. The van der Waals surface area contributed by atoms with Crippen molar-refractivity contribution >= 4 is 34.8 Å². The molecule has 0 aliphatic rings. The maximum absolute atomic E-state index is 14.2. The summed E-state index contributed by atoms with van der Waals surface area (Å²) in [6.07, 6.45) is -5.87. The van der Waals surface area contributed by atoms with E-state index in [1.54, 1.807) is 30.3 Å². The molecule has 1 atom stereocenters. The fraction of sp³-hybridized carbons (Fsp3) is 0.323. The molecule has 1 unspecified atom stereocenters. The Morgan fingerprint density at radius 1 is 1.09 bits per heavy atom. The van der Waals surface area contributed by atoms with Gasteiger partial charge in [0.25, 0.3) is 5.91 Å². The van der Waals surface area contributed by atoms with Gasteiger partial charge in [-0.3, -0.25) is 4.79 Å². The largest absolute Gasteiger partial charge is 0.473 e. The van der Waals surface area contributed by atoms with Gasteiger partial charge in [0.2, 0.25) is 5.88 Å². The van der Waals surface area contributed by atoms with E-state index >= 15 is 0 Å². The van der Waals surface area contributed by atoms with Gasteiger partial charge in [0.05, 0.1) is 34.0 Å². The average Bonchev–Trinajstić information content (AvgIpc) is 3.42. The molecule has 0 spiro atoms. The Hall–Kier alpha value is -3.84. The smallest absolute Gasteiger partial charge is 0.435 e. The summed E-state index contributed by atoms with van der Waals surface area (Å²) in [5.41, 5.74) is 0.851. The Bertz CT molecular complexity index is 1610. The van der Waals surface area contributed by atoms with Crippen LogP contribution in [0.25, 0.3) is 11.3 Å².